The quantitative estimate of drug-likeness (QED) is 0.0262. The molecule has 0 N–H and O–H groups in total. The summed E-state index contributed by atoms with van der Waals surface area (Å²) in [6.07, 6.45) is 71.4. The lowest BCUT2D eigenvalue weighted by Gasteiger charge is -2.18. The van der Waals surface area contributed by atoms with Gasteiger partial charge in [0.1, 0.15) is 13.2 Å². The third kappa shape index (κ3) is 53.4. The largest absolute Gasteiger partial charge is 0.462 e. The lowest BCUT2D eigenvalue weighted by atomic mass is 10.0. The van der Waals surface area contributed by atoms with Crippen LogP contribution in [-0.4, -0.2) is 37.2 Å². The summed E-state index contributed by atoms with van der Waals surface area (Å²) in [6, 6.07) is 0. The lowest BCUT2D eigenvalue weighted by molar-refractivity contribution is -0.167. The van der Waals surface area contributed by atoms with Gasteiger partial charge in [-0.05, 0) is 96.3 Å². The molecule has 0 rings (SSSR count). The molecule has 0 radical (unpaired) electrons. The first kappa shape index (κ1) is 63.6. The van der Waals surface area contributed by atoms with E-state index in [-0.39, 0.29) is 31.1 Å². The lowest BCUT2D eigenvalue weighted by Crippen LogP contribution is -2.30. The molecule has 0 aromatic heterocycles. The summed E-state index contributed by atoms with van der Waals surface area (Å²) in [6.45, 7) is 6.48. The van der Waals surface area contributed by atoms with E-state index in [1.165, 1.54) is 103 Å². The minimum absolute atomic E-state index is 0.0827. The molecule has 6 nitrogen and oxygen atoms in total. The highest BCUT2D eigenvalue weighted by atomic mass is 16.6. The van der Waals surface area contributed by atoms with Crippen LogP contribution in [-0.2, 0) is 28.6 Å². The topological polar surface area (TPSA) is 78.9 Å². The molecule has 0 aliphatic heterocycles. The van der Waals surface area contributed by atoms with Gasteiger partial charge in [0.05, 0.1) is 0 Å². The van der Waals surface area contributed by atoms with E-state index in [0.717, 1.165) is 122 Å². The predicted molar refractivity (Wildman–Crippen MR) is 288 cm³/mol. The minimum atomic E-state index is -0.785. The highest BCUT2D eigenvalue weighted by Crippen LogP contribution is 2.15. The number of unbranched alkanes of at least 4 members (excludes halogenated alkanes) is 25. The maximum Gasteiger partial charge on any atom is 0.306 e. The molecule has 0 saturated heterocycles. The first-order valence-electron chi connectivity index (χ1n) is 28.1. The van der Waals surface area contributed by atoms with E-state index in [1.54, 1.807) is 0 Å². The van der Waals surface area contributed by atoms with Crippen LogP contribution >= 0.6 is 0 Å². The number of hydrogen-bond acceptors (Lipinski definition) is 6. The minimum Gasteiger partial charge on any atom is -0.462 e. The number of ether oxygens (including phenoxy) is 3. The fourth-order valence-electron chi connectivity index (χ4n) is 7.68. The molecule has 0 saturated carbocycles. The molecule has 0 aromatic carbocycles. The van der Waals surface area contributed by atoms with Crippen LogP contribution in [0.25, 0.3) is 0 Å². The van der Waals surface area contributed by atoms with Gasteiger partial charge in [-0.2, -0.15) is 0 Å². The maximum absolute atomic E-state index is 12.8. The second-order valence-corrected chi connectivity index (χ2v) is 18.5. The highest BCUT2D eigenvalue weighted by Gasteiger charge is 2.19. The molecule has 384 valence electrons. The molecule has 67 heavy (non-hydrogen) atoms. The van der Waals surface area contributed by atoms with Gasteiger partial charge < -0.3 is 14.2 Å². The van der Waals surface area contributed by atoms with Gasteiger partial charge in [0.15, 0.2) is 6.10 Å². The van der Waals surface area contributed by atoms with Gasteiger partial charge in [0.2, 0.25) is 0 Å². The van der Waals surface area contributed by atoms with E-state index >= 15 is 0 Å². The van der Waals surface area contributed by atoms with Crippen molar-refractivity contribution < 1.29 is 28.6 Å². The van der Waals surface area contributed by atoms with Crippen molar-refractivity contribution in [3.8, 4) is 0 Å². The SMILES string of the molecule is CC/C=C\C/C=C\C/C=C\C/C=C\C/C=C\C/C=C\CCCCCCCCC(=O)OCC(COC(=O)CCCCCCCCCCCCCC)OC(=O)CCCCCCC/C=C\CCCCC. The zero-order valence-electron chi connectivity index (χ0n) is 43.9. The van der Waals surface area contributed by atoms with Crippen LogP contribution in [0.5, 0.6) is 0 Å². The van der Waals surface area contributed by atoms with E-state index in [1.807, 2.05) is 0 Å². The fraction of sp³-hybridized carbons (Fsp3) is 0.721. The van der Waals surface area contributed by atoms with Crippen LogP contribution in [0.1, 0.15) is 265 Å². The van der Waals surface area contributed by atoms with Crippen LogP contribution in [0, 0.1) is 0 Å². The normalized spacial score (nSPS) is 12.7. The van der Waals surface area contributed by atoms with Crippen LogP contribution in [0.2, 0.25) is 0 Å². The second kappa shape index (κ2) is 55.2. The van der Waals surface area contributed by atoms with Crippen LogP contribution in [0.15, 0.2) is 85.1 Å². The van der Waals surface area contributed by atoms with Gasteiger partial charge in [-0.25, -0.2) is 0 Å². The molecule has 0 amide bonds. The number of hydrogen-bond donors (Lipinski definition) is 0. The standard InChI is InChI=1S/C61H104O6/c1-4-7-10-13-16-19-22-25-26-27-28-29-30-31-32-33-34-35-36-37-40-42-45-48-51-54-60(63)66-57-58(67-61(64)55-52-49-46-43-39-24-21-18-15-12-9-6-3)56-65-59(62)53-50-47-44-41-38-23-20-17-14-11-8-5-2/h7,10,16,18-19,21,25-26,28-29,31-32,34-35,58H,4-6,8-9,11-15,17,20,22-24,27,30,33,36-57H2,1-3H3/b10-7-,19-16-,21-18-,26-25-,29-28-,32-31-,35-34-. The number of carbonyl (C=O) groups excluding carboxylic acids is 3. The van der Waals surface area contributed by atoms with Crippen molar-refractivity contribution >= 4 is 17.9 Å². The summed E-state index contributed by atoms with van der Waals surface area (Å²) in [5.41, 5.74) is 0. The zero-order valence-corrected chi connectivity index (χ0v) is 43.9. The number of rotatable bonds is 50. The number of esters is 3. The summed E-state index contributed by atoms with van der Waals surface area (Å²) >= 11 is 0. The predicted octanol–water partition coefficient (Wildman–Crippen LogP) is 18.8. The first-order valence-corrected chi connectivity index (χ1v) is 28.1. The molecule has 0 aliphatic rings. The van der Waals surface area contributed by atoms with E-state index in [0.29, 0.717) is 19.3 Å². The monoisotopic (exact) mass is 933 g/mol. The Bertz CT molecular complexity index is 1300. The molecule has 1 atom stereocenters. The van der Waals surface area contributed by atoms with Gasteiger partial charge in [-0.3, -0.25) is 14.4 Å². The summed E-state index contributed by atoms with van der Waals surface area (Å²) in [4.78, 5) is 38.0. The van der Waals surface area contributed by atoms with Crippen molar-refractivity contribution in [1.29, 1.82) is 0 Å². The first-order chi connectivity index (χ1) is 33.0. The Morgan fingerprint density at radius 1 is 0.313 bits per heavy atom. The van der Waals surface area contributed by atoms with Crippen molar-refractivity contribution in [3.63, 3.8) is 0 Å². The van der Waals surface area contributed by atoms with Crippen molar-refractivity contribution in [2.45, 2.75) is 271 Å². The Balaban J connectivity index is 4.32. The van der Waals surface area contributed by atoms with E-state index in [2.05, 4.69) is 106 Å². The molecular formula is C61H104O6. The molecule has 1 unspecified atom stereocenters. The van der Waals surface area contributed by atoms with Crippen molar-refractivity contribution in [1.82, 2.24) is 0 Å². The third-order valence-corrected chi connectivity index (χ3v) is 11.9. The van der Waals surface area contributed by atoms with E-state index in [9.17, 15) is 14.4 Å². The zero-order chi connectivity index (χ0) is 48.6. The molecule has 0 bridgehead atoms. The van der Waals surface area contributed by atoms with Crippen LogP contribution in [0.4, 0.5) is 0 Å². The Morgan fingerprint density at radius 3 is 0.955 bits per heavy atom. The van der Waals surface area contributed by atoms with Crippen molar-refractivity contribution in [2.24, 2.45) is 0 Å². The molecule has 0 fully saturated rings. The second-order valence-electron chi connectivity index (χ2n) is 18.5. The summed E-state index contributed by atoms with van der Waals surface area (Å²) in [5, 5.41) is 0. The Hall–Kier alpha value is -3.41. The molecule has 0 aliphatic carbocycles. The van der Waals surface area contributed by atoms with Gasteiger partial charge in [-0.15, -0.1) is 0 Å². The fourth-order valence-corrected chi connectivity index (χ4v) is 7.68. The maximum atomic E-state index is 12.8. The van der Waals surface area contributed by atoms with Crippen molar-refractivity contribution in [2.75, 3.05) is 13.2 Å². The number of allylic oxidation sites excluding steroid dienone is 14. The van der Waals surface area contributed by atoms with Crippen LogP contribution < -0.4 is 0 Å². The third-order valence-electron chi connectivity index (χ3n) is 11.9. The van der Waals surface area contributed by atoms with E-state index in [4.69, 9.17) is 14.2 Å². The molecule has 0 spiro atoms. The Labute approximate surface area is 414 Å². The Kier molecular flexibility index (Phi) is 52.4. The average Bonchev–Trinajstić information content (AvgIpc) is 3.33. The van der Waals surface area contributed by atoms with Crippen molar-refractivity contribution in [3.05, 3.63) is 85.1 Å². The smallest absolute Gasteiger partial charge is 0.306 e. The summed E-state index contributed by atoms with van der Waals surface area (Å²) in [7, 11) is 0. The van der Waals surface area contributed by atoms with Gasteiger partial charge in [0, 0.05) is 19.3 Å². The molecule has 0 aromatic rings. The van der Waals surface area contributed by atoms with Gasteiger partial charge in [0.25, 0.3) is 0 Å². The molecular weight excluding hydrogens is 829 g/mol. The molecule has 6 heteroatoms. The van der Waals surface area contributed by atoms with Gasteiger partial charge >= 0.3 is 17.9 Å². The van der Waals surface area contributed by atoms with E-state index < -0.39 is 6.10 Å². The number of carbonyl (C=O) groups is 3. The summed E-state index contributed by atoms with van der Waals surface area (Å²) in [5.74, 6) is -0.904. The van der Waals surface area contributed by atoms with Gasteiger partial charge in [-0.1, -0.05) is 234 Å². The summed E-state index contributed by atoms with van der Waals surface area (Å²) < 4.78 is 16.8. The highest BCUT2D eigenvalue weighted by molar-refractivity contribution is 5.71. The molecule has 0 heterocycles. The van der Waals surface area contributed by atoms with Crippen LogP contribution in [0.3, 0.4) is 0 Å². The Morgan fingerprint density at radius 2 is 0.582 bits per heavy atom. The average molecular weight is 933 g/mol.